The fourth-order valence-electron chi connectivity index (χ4n) is 2.95. The minimum Gasteiger partial charge on any atom is -0.480 e. The van der Waals surface area contributed by atoms with Crippen molar-refractivity contribution in [3.63, 3.8) is 0 Å². The fraction of sp³-hybridized carbons (Fsp3) is 0.294. The largest absolute Gasteiger partial charge is 0.480 e. The second kappa shape index (κ2) is 5.77. The molecule has 114 valence electrons. The highest BCUT2D eigenvalue weighted by atomic mass is 16.4. The van der Waals surface area contributed by atoms with Crippen molar-refractivity contribution in [1.82, 2.24) is 4.90 Å². The Balaban J connectivity index is 1.79. The van der Waals surface area contributed by atoms with E-state index in [-0.39, 0.29) is 25.3 Å². The van der Waals surface area contributed by atoms with Crippen LogP contribution in [0.4, 0.5) is 0 Å². The van der Waals surface area contributed by atoms with Crippen LogP contribution in [0.3, 0.4) is 0 Å². The summed E-state index contributed by atoms with van der Waals surface area (Å²) in [6, 6.07) is 12.7. The third-order valence-electron chi connectivity index (χ3n) is 4.05. The van der Waals surface area contributed by atoms with Gasteiger partial charge < -0.3 is 15.1 Å². The van der Waals surface area contributed by atoms with E-state index in [0.29, 0.717) is 0 Å². The van der Waals surface area contributed by atoms with Gasteiger partial charge in [0.1, 0.15) is 6.04 Å². The second-order valence-electron chi connectivity index (χ2n) is 5.65. The van der Waals surface area contributed by atoms with Gasteiger partial charge in [-0.15, -0.1) is 0 Å². The number of nitrogens with zero attached hydrogens (tertiary/aromatic N) is 1. The zero-order valence-corrected chi connectivity index (χ0v) is 12.0. The number of aliphatic hydroxyl groups excluding tert-OH is 1. The Hall–Kier alpha value is -2.40. The van der Waals surface area contributed by atoms with Crippen molar-refractivity contribution in [3.05, 3.63) is 48.0 Å². The average molecular weight is 299 g/mol. The third-order valence-corrected chi connectivity index (χ3v) is 4.05. The Kier molecular flexibility index (Phi) is 3.81. The van der Waals surface area contributed by atoms with Gasteiger partial charge >= 0.3 is 5.97 Å². The van der Waals surface area contributed by atoms with E-state index in [0.717, 1.165) is 16.3 Å². The number of benzene rings is 2. The molecular weight excluding hydrogens is 282 g/mol. The SMILES string of the molecule is O=C(O)[C@H]1C[C@H](O)CN1C(=O)Cc1ccc2ccccc2c1. The Labute approximate surface area is 127 Å². The molecule has 0 aliphatic carbocycles. The summed E-state index contributed by atoms with van der Waals surface area (Å²) in [5.41, 5.74) is 0.842. The maximum atomic E-state index is 12.4. The first kappa shape index (κ1) is 14.5. The summed E-state index contributed by atoms with van der Waals surface area (Å²) in [4.78, 5) is 24.8. The molecule has 3 rings (SSSR count). The molecule has 0 saturated carbocycles. The Morgan fingerprint density at radius 2 is 1.86 bits per heavy atom. The number of β-amino-alcohol motifs (C(OH)–C–C–N with tert-alkyl or cyclic N) is 1. The van der Waals surface area contributed by atoms with Gasteiger partial charge in [0.2, 0.25) is 5.91 Å². The number of carboxylic acids is 1. The van der Waals surface area contributed by atoms with Gasteiger partial charge in [-0.2, -0.15) is 0 Å². The molecule has 1 amide bonds. The van der Waals surface area contributed by atoms with Crippen LogP contribution in [-0.4, -0.2) is 45.7 Å². The van der Waals surface area contributed by atoms with E-state index in [1.165, 1.54) is 4.90 Å². The van der Waals surface area contributed by atoms with Crippen molar-refractivity contribution in [2.24, 2.45) is 0 Å². The zero-order valence-electron chi connectivity index (χ0n) is 12.0. The second-order valence-corrected chi connectivity index (χ2v) is 5.65. The lowest BCUT2D eigenvalue weighted by Crippen LogP contribution is -2.41. The lowest BCUT2D eigenvalue weighted by molar-refractivity contribution is -0.148. The standard InChI is InChI=1S/C17H17NO4/c19-14-9-15(17(21)22)18(10-14)16(20)8-11-5-6-12-3-1-2-4-13(12)7-11/h1-7,14-15,19H,8-10H2,(H,21,22)/t14-,15+/m0/s1. The number of amides is 1. The molecule has 22 heavy (non-hydrogen) atoms. The fourth-order valence-corrected chi connectivity index (χ4v) is 2.95. The van der Waals surface area contributed by atoms with Crippen LogP contribution in [-0.2, 0) is 16.0 Å². The molecule has 0 radical (unpaired) electrons. The van der Waals surface area contributed by atoms with Crippen LogP contribution in [0, 0.1) is 0 Å². The summed E-state index contributed by atoms with van der Waals surface area (Å²) in [7, 11) is 0. The molecule has 0 bridgehead atoms. The molecule has 1 fully saturated rings. The van der Waals surface area contributed by atoms with Gasteiger partial charge in [-0.05, 0) is 16.3 Å². The molecule has 1 heterocycles. The molecule has 5 nitrogen and oxygen atoms in total. The smallest absolute Gasteiger partial charge is 0.326 e. The number of likely N-dealkylation sites (tertiary alicyclic amines) is 1. The van der Waals surface area contributed by atoms with E-state index in [1.807, 2.05) is 42.5 Å². The molecule has 2 atom stereocenters. The number of fused-ring (bicyclic) bond motifs is 1. The monoisotopic (exact) mass is 299 g/mol. The first-order chi connectivity index (χ1) is 10.5. The number of aliphatic hydroxyl groups is 1. The normalized spacial score (nSPS) is 21.2. The van der Waals surface area contributed by atoms with Gasteiger partial charge in [0, 0.05) is 13.0 Å². The molecule has 0 aromatic heterocycles. The number of aliphatic carboxylic acids is 1. The van der Waals surface area contributed by atoms with Crippen LogP contribution < -0.4 is 0 Å². The highest BCUT2D eigenvalue weighted by molar-refractivity contribution is 5.88. The first-order valence-electron chi connectivity index (χ1n) is 7.22. The molecule has 2 aromatic rings. The minimum absolute atomic E-state index is 0.0867. The number of hydrogen-bond acceptors (Lipinski definition) is 3. The average Bonchev–Trinajstić information content (AvgIpc) is 2.89. The van der Waals surface area contributed by atoms with E-state index < -0.39 is 18.1 Å². The van der Waals surface area contributed by atoms with Crippen molar-refractivity contribution in [3.8, 4) is 0 Å². The molecule has 5 heteroatoms. The van der Waals surface area contributed by atoms with Crippen LogP contribution in [0.5, 0.6) is 0 Å². The van der Waals surface area contributed by atoms with Gasteiger partial charge in [-0.25, -0.2) is 4.79 Å². The van der Waals surface area contributed by atoms with Crippen LogP contribution in [0.2, 0.25) is 0 Å². The van der Waals surface area contributed by atoms with Crippen molar-refractivity contribution in [2.75, 3.05) is 6.54 Å². The van der Waals surface area contributed by atoms with Crippen LogP contribution in [0.15, 0.2) is 42.5 Å². The summed E-state index contributed by atoms with van der Waals surface area (Å²) < 4.78 is 0. The minimum atomic E-state index is -1.07. The maximum Gasteiger partial charge on any atom is 0.326 e. The van der Waals surface area contributed by atoms with E-state index in [4.69, 9.17) is 5.11 Å². The highest BCUT2D eigenvalue weighted by Gasteiger charge is 2.38. The van der Waals surface area contributed by atoms with Gasteiger partial charge in [-0.1, -0.05) is 42.5 Å². The molecule has 0 spiro atoms. The molecule has 2 aromatic carbocycles. The van der Waals surface area contributed by atoms with E-state index in [9.17, 15) is 14.7 Å². The molecular formula is C17H17NO4. The zero-order chi connectivity index (χ0) is 15.7. The van der Waals surface area contributed by atoms with Gasteiger partial charge in [-0.3, -0.25) is 4.79 Å². The Morgan fingerprint density at radius 3 is 2.59 bits per heavy atom. The van der Waals surface area contributed by atoms with Crippen molar-refractivity contribution < 1.29 is 19.8 Å². The topological polar surface area (TPSA) is 77.8 Å². The molecule has 1 saturated heterocycles. The number of rotatable bonds is 3. The Morgan fingerprint density at radius 1 is 1.14 bits per heavy atom. The summed E-state index contributed by atoms with van der Waals surface area (Å²) in [5, 5.41) is 20.9. The summed E-state index contributed by atoms with van der Waals surface area (Å²) in [5.74, 6) is -1.33. The van der Waals surface area contributed by atoms with Crippen LogP contribution >= 0.6 is 0 Å². The number of carboxylic acid groups (broad SMARTS) is 1. The summed E-state index contributed by atoms with van der Waals surface area (Å²) in [6.45, 7) is 0.0867. The summed E-state index contributed by atoms with van der Waals surface area (Å²) >= 11 is 0. The predicted octanol–water partition coefficient (Wildman–Crippen LogP) is 1.43. The third kappa shape index (κ3) is 2.80. The number of carbonyl (C=O) groups excluding carboxylic acids is 1. The quantitative estimate of drug-likeness (QED) is 0.898. The molecule has 0 unspecified atom stereocenters. The molecule has 1 aliphatic heterocycles. The molecule has 2 N–H and O–H groups in total. The van der Waals surface area contributed by atoms with Gasteiger partial charge in [0.25, 0.3) is 0 Å². The highest BCUT2D eigenvalue weighted by Crippen LogP contribution is 2.21. The van der Waals surface area contributed by atoms with E-state index in [2.05, 4.69) is 0 Å². The van der Waals surface area contributed by atoms with Crippen molar-refractivity contribution in [1.29, 1.82) is 0 Å². The summed E-state index contributed by atoms with van der Waals surface area (Å²) in [6.07, 6.45) is -0.526. The first-order valence-corrected chi connectivity index (χ1v) is 7.22. The predicted molar refractivity (Wildman–Crippen MR) is 81.4 cm³/mol. The van der Waals surface area contributed by atoms with E-state index in [1.54, 1.807) is 0 Å². The Bertz CT molecular complexity index is 727. The lowest BCUT2D eigenvalue weighted by atomic mass is 10.0. The van der Waals surface area contributed by atoms with Crippen LogP contribution in [0.1, 0.15) is 12.0 Å². The van der Waals surface area contributed by atoms with Gasteiger partial charge in [0.05, 0.1) is 12.5 Å². The van der Waals surface area contributed by atoms with Gasteiger partial charge in [0.15, 0.2) is 0 Å². The lowest BCUT2D eigenvalue weighted by Gasteiger charge is -2.21. The van der Waals surface area contributed by atoms with Crippen molar-refractivity contribution >= 4 is 22.6 Å². The molecule has 1 aliphatic rings. The number of carbonyl (C=O) groups is 2. The van der Waals surface area contributed by atoms with E-state index >= 15 is 0 Å². The maximum absolute atomic E-state index is 12.4. The number of hydrogen-bond donors (Lipinski definition) is 2. The van der Waals surface area contributed by atoms with Crippen molar-refractivity contribution in [2.45, 2.75) is 25.0 Å². The van der Waals surface area contributed by atoms with Crippen LogP contribution in [0.25, 0.3) is 10.8 Å².